The van der Waals surface area contributed by atoms with Crippen LogP contribution in [0.25, 0.3) is 0 Å². The molecule has 2 rings (SSSR count). The highest BCUT2D eigenvalue weighted by atomic mass is 16.4. The Hall–Kier alpha value is -1.65. The van der Waals surface area contributed by atoms with Crippen LogP contribution < -0.4 is 5.73 Å². The van der Waals surface area contributed by atoms with Crippen LogP contribution in [-0.4, -0.2) is 21.0 Å². The first-order valence-corrected chi connectivity index (χ1v) is 5.50. The molecule has 5 heteroatoms. The number of hydrogen-bond acceptors (Lipinski definition) is 4. The Balaban J connectivity index is 2.24. The Labute approximate surface area is 93.7 Å². The Morgan fingerprint density at radius 1 is 1.44 bits per heavy atom. The smallest absolute Gasteiger partial charge is 0.309 e. The van der Waals surface area contributed by atoms with E-state index in [0.717, 1.165) is 18.5 Å². The van der Waals surface area contributed by atoms with Gasteiger partial charge in [-0.3, -0.25) is 4.79 Å². The molecule has 1 saturated carbocycles. The molecule has 3 N–H and O–H groups in total. The highest BCUT2D eigenvalue weighted by Crippen LogP contribution is 2.33. The third-order valence-corrected chi connectivity index (χ3v) is 2.92. The van der Waals surface area contributed by atoms with Crippen LogP contribution in [-0.2, 0) is 11.2 Å². The van der Waals surface area contributed by atoms with E-state index in [1.807, 2.05) is 0 Å². The molecule has 1 heterocycles. The maximum absolute atomic E-state index is 10.6. The lowest BCUT2D eigenvalue weighted by molar-refractivity contribution is -0.136. The molecular formula is C11H15N3O2. The fraction of sp³-hybridized carbons (Fsp3) is 0.545. The summed E-state index contributed by atoms with van der Waals surface area (Å²) in [5.41, 5.74) is 6.99. The largest absolute Gasteiger partial charge is 0.481 e. The molecule has 0 spiro atoms. The summed E-state index contributed by atoms with van der Waals surface area (Å²) in [6.45, 7) is 0. The lowest BCUT2D eigenvalue weighted by atomic mass is 10.0. The normalized spacial score (nSPS) is 16.5. The highest BCUT2D eigenvalue weighted by molar-refractivity contribution is 5.69. The summed E-state index contributed by atoms with van der Waals surface area (Å²) in [7, 11) is 0. The fourth-order valence-corrected chi connectivity index (χ4v) is 2.22. The number of nitrogen functional groups attached to an aromatic ring is 1. The Bertz CT molecular complexity index is 400. The summed E-state index contributed by atoms with van der Waals surface area (Å²) in [6, 6.07) is 1.78. The molecule has 86 valence electrons. The average Bonchev–Trinajstić information content (AvgIpc) is 2.67. The summed E-state index contributed by atoms with van der Waals surface area (Å²) in [5.74, 6) is -0.283. The minimum Gasteiger partial charge on any atom is -0.481 e. The number of rotatable bonds is 3. The molecule has 1 fully saturated rings. The van der Waals surface area contributed by atoms with Crippen LogP contribution in [0.4, 0.5) is 5.95 Å². The van der Waals surface area contributed by atoms with Gasteiger partial charge in [0, 0.05) is 11.6 Å². The number of aromatic nitrogens is 2. The zero-order valence-corrected chi connectivity index (χ0v) is 9.02. The van der Waals surface area contributed by atoms with Crippen molar-refractivity contribution < 1.29 is 9.90 Å². The molecule has 0 unspecified atom stereocenters. The highest BCUT2D eigenvalue weighted by Gasteiger charge is 2.19. The van der Waals surface area contributed by atoms with Crippen LogP contribution in [0.15, 0.2) is 6.07 Å². The van der Waals surface area contributed by atoms with Crippen molar-refractivity contribution in [3.63, 3.8) is 0 Å². The second kappa shape index (κ2) is 4.47. The first kappa shape index (κ1) is 10.9. The van der Waals surface area contributed by atoms with E-state index in [2.05, 4.69) is 9.97 Å². The predicted octanol–water partition coefficient (Wildman–Crippen LogP) is 1.34. The van der Waals surface area contributed by atoms with Gasteiger partial charge in [0.25, 0.3) is 0 Å². The van der Waals surface area contributed by atoms with Crippen LogP contribution in [0.3, 0.4) is 0 Å². The van der Waals surface area contributed by atoms with E-state index in [1.54, 1.807) is 6.07 Å². The van der Waals surface area contributed by atoms with Crippen molar-refractivity contribution in [2.45, 2.75) is 38.0 Å². The lowest BCUT2D eigenvalue weighted by Crippen LogP contribution is -2.09. The molecule has 1 aromatic rings. The average molecular weight is 221 g/mol. The summed E-state index contributed by atoms with van der Waals surface area (Å²) >= 11 is 0. The summed E-state index contributed by atoms with van der Waals surface area (Å²) in [6.07, 6.45) is 4.56. The summed E-state index contributed by atoms with van der Waals surface area (Å²) in [4.78, 5) is 18.7. The second-order valence-electron chi connectivity index (χ2n) is 4.19. The molecular weight excluding hydrogens is 206 g/mol. The fourth-order valence-electron chi connectivity index (χ4n) is 2.22. The van der Waals surface area contributed by atoms with E-state index < -0.39 is 5.97 Å². The Morgan fingerprint density at radius 3 is 2.75 bits per heavy atom. The van der Waals surface area contributed by atoms with E-state index in [9.17, 15) is 4.79 Å². The third kappa shape index (κ3) is 2.48. The van der Waals surface area contributed by atoms with Gasteiger partial charge in [0.05, 0.1) is 12.1 Å². The van der Waals surface area contributed by atoms with Crippen LogP contribution in [0, 0.1) is 0 Å². The van der Waals surface area contributed by atoms with E-state index in [-0.39, 0.29) is 12.4 Å². The maximum Gasteiger partial charge on any atom is 0.309 e. The molecule has 0 amide bonds. The second-order valence-corrected chi connectivity index (χ2v) is 4.19. The van der Waals surface area contributed by atoms with Gasteiger partial charge in [-0.05, 0) is 18.9 Å². The molecule has 0 saturated heterocycles. The summed E-state index contributed by atoms with van der Waals surface area (Å²) < 4.78 is 0. The third-order valence-electron chi connectivity index (χ3n) is 2.92. The van der Waals surface area contributed by atoms with Crippen molar-refractivity contribution in [3.05, 3.63) is 17.5 Å². The number of nitrogens with zero attached hydrogens (tertiary/aromatic N) is 2. The molecule has 0 atom stereocenters. The van der Waals surface area contributed by atoms with Gasteiger partial charge in [-0.1, -0.05) is 12.8 Å². The van der Waals surface area contributed by atoms with Crippen molar-refractivity contribution in [1.29, 1.82) is 0 Å². The van der Waals surface area contributed by atoms with Gasteiger partial charge in [0.1, 0.15) is 0 Å². The van der Waals surface area contributed by atoms with Crippen LogP contribution in [0.2, 0.25) is 0 Å². The van der Waals surface area contributed by atoms with E-state index in [0.29, 0.717) is 11.6 Å². The number of anilines is 1. The van der Waals surface area contributed by atoms with E-state index in [1.165, 1.54) is 12.8 Å². The predicted molar refractivity (Wildman–Crippen MR) is 59.0 cm³/mol. The van der Waals surface area contributed by atoms with Crippen molar-refractivity contribution in [2.24, 2.45) is 0 Å². The molecule has 1 aliphatic rings. The topological polar surface area (TPSA) is 89.1 Å². The number of carboxylic acid groups (broad SMARTS) is 1. The van der Waals surface area contributed by atoms with E-state index >= 15 is 0 Å². The van der Waals surface area contributed by atoms with Crippen LogP contribution in [0.1, 0.15) is 43.0 Å². The van der Waals surface area contributed by atoms with Crippen molar-refractivity contribution in [2.75, 3.05) is 5.73 Å². The molecule has 0 radical (unpaired) electrons. The van der Waals surface area contributed by atoms with Gasteiger partial charge in [-0.15, -0.1) is 0 Å². The molecule has 1 aliphatic carbocycles. The van der Waals surface area contributed by atoms with Gasteiger partial charge >= 0.3 is 5.97 Å². The number of carbonyl (C=O) groups is 1. The van der Waals surface area contributed by atoms with Gasteiger partial charge in [-0.2, -0.15) is 0 Å². The Kier molecular flexibility index (Phi) is 3.03. The molecule has 0 aliphatic heterocycles. The molecule has 0 aromatic carbocycles. The minimum atomic E-state index is -0.893. The first-order valence-electron chi connectivity index (χ1n) is 5.50. The van der Waals surface area contributed by atoms with Gasteiger partial charge in [0.15, 0.2) is 0 Å². The molecule has 5 nitrogen and oxygen atoms in total. The quantitative estimate of drug-likeness (QED) is 0.804. The molecule has 1 aromatic heterocycles. The number of aliphatic carboxylic acids is 1. The van der Waals surface area contributed by atoms with Crippen molar-refractivity contribution in [1.82, 2.24) is 9.97 Å². The standard InChI is InChI=1S/C11H15N3O2/c12-11-13-8(6-10(15)16)5-9(14-11)7-3-1-2-4-7/h5,7H,1-4,6H2,(H,15,16)(H2,12,13,14). The van der Waals surface area contributed by atoms with Crippen molar-refractivity contribution in [3.8, 4) is 0 Å². The minimum absolute atomic E-state index is 0.0908. The number of nitrogens with two attached hydrogens (primary N) is 1. The Morgan fingerprint density at radius 2 is 2.12 bits per heavy atom. The monoisotopic (exact) mass is 221 g/mol. The molecule has 16 heavy (non-hydrogen) atoms. The molecule has 0 bridgehead atoms. The zero-order chi connectivity index (χ0) is 11.5. The van der Waals surface area contributed by atoms with Gasteiger partial charge < -0.3 is 10.8 Å². The maximum atomic E-state index is 10.6. The van der Waals surface area contributed by atoms with Crippen molar-refractivity contribution >= 4 is 11.9 Å². The zero-order valence-electron chi connectivity index (χ0n) is 9.02. The van der Waals surface area contributed by atoms with Crippen LogP contribution in [0.5, 0.6) is 0 Å². The number of carboxylic acids is 1. The SMILES string of the molecule is Nc1nc(CC(=O)O)cc(C2CCCC2)n1. The van der Waals surface area contributed by atoms with Gasteiger partial charge in [0.2, 0.25) is 5.95 Å². The summed E-state index contributed by atoms with van der Waals surface area (Å²) in [5, 5.41) is 8.71. The van der Waals surface area contributed by atoms with Crippen LogP contribution >= 0.6 is 0 Å². The lowest BCUT2D eigenvalue weighted by Gasteiger charge is -2.10. The van der Waals surface area contributed by atoms with E-state index in [4.69, 9.17) is 10.8 Å². The number of hydrogen-bond donors (Lipinski definition) is 2. The first-order chi connectivity index (χ1) is 7.65. The van der Waals surface area contributed by atoms with Gasteiger partial charge in [-0.25, -0.2) is 9.97 Å².